The fraction of sp³-hybridized carbons (Fsp3) is 0.429. The molecule has 1 rings (SSSR count). The third kappa shape index (κ3) is 1.89. The maximum atomic E-state index is 4.07. The average Bonchev–Trinajstić information content (AvgIpc) is 2.20. The molecule has 0 aliphatic heterocycles. The van der Waals surface area contributed by atoms with Gasteiger partial charge < -0.3 is 0 Å². The smallest absolute Gasteiger partial charge is 0.0169 e. The van der Waals surface area contributed by atoms with Crippen LogP contribution in [0, 0.1) is 0 Å². The summed E-state index contributed by atoms with van der Waals surface area (Å²) in [6.07, 6.45) is 5.41. The van der Waals surface area contributed by atoms with E-state index < -0.39 is 0 Å². The van der Waals surface area contributed by atoms with Gasteiger partial charge in [-0.3, -0.25) is 0 Å². The molecule has 0 nitrogen and oxygen atoms in total. The molecule has 14 heavy (non-hydrogen) atoms. The van der Waals surface area contributed by atoms with Gasteiger partial charge in [0.2, 0.25) is 0 Å². The maximum Gasteiger partial charge on any atom is -0.0169 e. The number of hydrogen-bond acceptors (Lipinski definition) is 0. The molecule has 0 bridgehead atoms. The Morgan fingerprint density at radius 3 is 2.50 bits per heavy atom. The summed E-state index contributed by atoms with van der Waals surface area (Å²) in [5, 5.41) is 0. The Labute approximate surface area is 87.7 Å². The zero-order valence-corrected chi connectivity index (χ0v) is 9.61. The first-order chi connectivity index (χ1) is 6.61. The van der Waals surface area contributed by atoms with E-state index >= 15 is 0 Å². The Kier molecular flexibility index (Phi) is 3.51. The summed E-state index contributed by atoms with van der Waals surface area (Å²) in [6.45, 7) is 14.5. The lowest BCUT2D eigenvalue weighted by Gasteiger charge is -2.23. The van der Waals surface area contributed by atoms with Crippen molar-refractivity contribution in [2.75, 3.05) is 0 Å². The fourth-order valence-corrected chi connectivity index (χ4v) is 2.05. The molecule has 0 spiro atoms. The second-order valence-corrected chi connectivity index (χ2v) is 3.97. The van der Waals surface area contributed by atoms with Gasteiger partial charge in [-0.1, -0.05) is 37.3 Å². The molecule has 0 aromatic rings. The first-order valence-electron chi connectivity index (χ1n) is 5.32. The zero-order chi connectivity index (χ0) is 10.7. The molecule has 0 aromatic heterocycles. The number of allylic oxidation sites excluding steroid dienone is 6. The highest BCUT2D eigenvalue weighted by atomic mass is 14.2. The van der Waals surface area contributed by atoms with E-state index in [1.807, 2.05) is 6.08 Å². The van der Waals surface area contributed by atoms with E-state index in [-0.39, 0.29) is 0 Å². The fourth-order valence-electron chi connectivity index (χ4n) is 2.05. The maximum absolute atomic E-state index is 4.07. The van der Waals surface area contributed by atoms with Crippen LogP contribution in [-0.2, 0) is 0 Å². The van der Waals surface area contributed by atoms with Crippen LogP contribution < -0.4 is 0 Å². The first-order valence-corrected chi connectivity index (χ1v) is 5.32. The Morgan fingerprint density at radius 1 is 1.36 bits per heavy atom. The van der Waals surface area contributed by atoms with Crippen LogP contribution >= 0.6 is 0 Å². The van der Waals surface area contributed by atoms with Gasteiger partial charge in [-0.2, -0.15) is 0 Å². The normalized spacial score (nSPS) is 17.4. The minimum absolute atomic E-state index is 1.08. The van der Waals surface area contributed by atoms with Gasteiger partial charge >= 0.3 is 0 Å². The topological polar surface area (TPSA) is 0 Å². The van der Waals surface area contributed by atoms with E-state index in [2.05, 4.69) is 33.9 Å². The molecule has 76 valence electrons. The second-order valence-electron chi connectivity index (χ2n) is 3.97. The largest absolute Gasteiger partial charge is 0.0985 e. The second kappa shape index (κ2) is 4.45. The highest BCUT2D eigenvalue weighted by molar-refractivity contribution is 5.55. The van der Waals surface area contributed by atoms with E-state index in [0.717, 1.165) is 12.0 Å². The van der Waals surface area contributed by atoms with Crippen molar-refractivity contribution in [1.82, 2.24) is 0 Å². The molecule has 1 aliphatic carbocycles. The predicted molar refractivity (Wildman–Crippen MR) is 64.3 cm³/mol. The van der Waals surface area contributed by atoms with Gasteiger partial charge in [0.1, 0.15) is 0 Å². The minimum atomic E-state index is 1.08. The Balaban J connectivity index is 3.21. The van der Waals surface area contributed by atoms with E-state index in [0.29, 0.717) is 0 Å². The molecule has 0 amide bonds. The van der Waals surface area contributed by atoms with Crippen molar-refractivity contribution in [2.45, 2.75) is 40.0 Å². The predicted octanol–water partition coefficient (Wildman–Crippen LogP) is 4.57. The van der Waals surface area contributed by atoms with Crippen molar-refractivity contribution in [3.05, 3.63) is 47.1 Å². The van der Waals surface area contributed by atoms with Gasteiger partial charge in [-0.15, -0.1) is 0 Å². The lowest BCUT2D eigenvalue weighted by molar-refractivity contribution is 0.826. The summed E-state index contributed by atoms with van der Waals surface area (Å²) in [6, 6.07) is 0. The molecule has 1 aliphatic rings. The SMILES string of the molecule is C=CC(=C)C1=C(CC)CCC(C)=C1C. The molecule has 0 heteroatoms. The molecule has 0 N–H and O–H groups in total. The third-order valence-corrected chi connectivity index (χ3v) is 3.16. The Bertz CT molecular complexity index is 324. The lowest BCUT2D eigenvalue weighted by Crippen LogP contribution is -2.03. The first kappa shape index (κ1) is 11.0. The molecule has 0 heterocycles. The molecule has 0 saturated carbocycles. The van der Waals surface area contributed by atoms with Crippen LogP contribution in [-0.4, -0.2) is 0 Å². The highest BCUT2D eigenvalue weighted by Gasteiger charge is 2.16. The van der Waals surface area contributed by atoms with Gasteiger partial charge in [0, 0.05) is 0 Å². The van der Waals surface area contributed by atoms with Crippen LogP contribution in [0.1, 0.15) is 40.0 Å². The summed E-state index contributed by atoms with van der Waals surface area (Å²) < 4.78 is 0. The highest BCUT2D eigenvalue weighted by Crippen LogP contribution is 2.35. The quantitative estimate of drug-likeness (QED) is 0.569. The summed E-state index contributed by atoms with van der Waals surface area (Å²) in [5.41, 5.74) is 6.90. The third-order valence-electron chi connectivity index (χ3n) is 3.16. The Hall–Kier alpha value is -1.04. The van der Waals surface area contributed by atoms with Crippen LogP contribution in [0.3, 0.4) is 0 Å². The summed E-state index contributed by atoms with van der Waals surface area (Å²) in [7, 11) is 0. The zero-order valence-electron chi connectivity index (χ0n) is 9.61. The van der Waals surface area contributed by atoms with Gasteiger partial charge in [-0.05, 0) is 49.8 Å². The van der Waals surface area contributed by atoms with Crippen LogP contribution in [0.25, 0.3) is 0 Å². The minimum Gasteiger partial charge on any atom is -0.0985 e. The van der Waals surface area contributed by atoms with Crippen LogP contribution in [0.5, 0.6) is 0 Å². The van der Waals surface area contributed by atoms with Crippen LogP contribution in [0.4, 0.5) is 0 Å². The molecule has 0 radical (unpaired) electrons. The summed E-state index contributed by atoms with van der Waals surface area (Å²) in [4.78, 5) is 0. The van der Waals surface area contributed by atoms with Crippen molar-refractivity contribution in [3.63, 3.8) is 0 Å². The van der Waals surface area contributed by atoms with Crippen molar-refractivity contribution < 1.29 is 0 Å². The Morgan fingerprint density at radius 2 is 2.00 bits per heavy atom. The van der Waals surface area contributed by atoms with E-state index in [9.17, 15) is 0 Å². The van der Waals surface area contributed by atoms with Gasteiger partial charge in [0.15, 0.2) is 0 Å². The van der Waals surface area contributed by atoms with E-state index in [4.69, 9.17) is 0 Å². The molecular formula is C14H20. The van der Waals surface area contributed by atoms with E-state index in [1.54, 1.807) is 0 Å². The van der Waals surface area contributed by atoms with Gasteiger partial charge in [0.05, 0.1) is 0 Å². The molecule has 0 unspecified atom stereocenters. The number of rotatable bonds is 3. The lowest BCUT2D eigenvalue weighted by atomic mass is 9.82. The van der Waals surface area contributed by atoms with Crippen molar-refractivity contribution in [1.29, 1.82) is 0 Å². The molecule has 0 saturated heterocycles. The molecule has 0 atom stereocenters. The van der Waals surface area contributed by atoms with E-state index in [1.165, 1.54) is 35.1 Å². The van der Waals surface area contributed by atoms with Crippen molar-refractivity contribution in [2.24, 2.45) is 0 Å². The summed E-state index contributed by atoms with van der Waals surface area (Å²) >= 11 is 0. The molecular weight excluding hydrogens is 168 g/mol. The standard InChI is InChI=1S/C14H20/c1-6-10(3)14-12(5)11(4)8-9-13(14)7-2/h6H,1,3,7-9H2,2,4-5H3. The van der Waals surface area contributed by atoms with Crippen molar-refractivity contribution >= 4 is 0 Å². The monoisotopic (exact) mass is 188 g/mol. The van der Waals surface area contributed by atoms with Gasteiger partial charge in [-0.25, -0.2) is 0 Å². The van der Waals surface area contributed by atoms with Gasteiger partial charge in [0.25, 0.3) is 0 Å². The van der Waals surface area contributed by atoms with Crippen LogP contribution in [0.15, 0.2) is 47.1 Å². The van der Waals surface area contributed by atoms with Crippen LogP contribution in [0.2, 0.25) is 0 Å². The molecule has 0 aromatic carbocycles. The van der Waals surface area contributed by atoms with Crippen molar-refractivity contribution in [3.8, 4) is 0 Å². The molecule has 0 fully saturated rings. The average molecular weight is 188 g/mol. The number of hydrogen-bond donors (Lipinski definition) is 0. The summed E-state index contributed by atoms with van der Waals surface area (Å²) in [5.74, 6) is 0.